The van der Waals surface area contributed by atoms with Gasteiger partial charge < -0.3 is 0 Å². The van der Waals surface area contributed by atoms with E-state index in [-0.39, 0.29) is 0 Å². The number of nitrogens with zero attached hydrogens (tertiary/aromatic N) is 2. The minimum absolute atomic E-state index is 0.529. The van der Waals surface area contributed by atoms with E-state index in [1.807, 2.05) is 26.0 Å². The Bertz CT molecular complexity index is 328. The highest BCUT2D eigenvalue weighted by Crippen LogP contribution is 2.01. The average molecular weight is 170 g/mol. The largest absolute Gasteiger partial charge is 0.269 e. The van der Waals surface area contributed by atoms with E-state index in [4.69, 9.17) is 7.85 Å². The molecule has 64 valence electrons. The molecule has 0 aliphatic rings. The summed E-state index contributed by atoms with van der Waals surface area (Å²) in [4.78, 5) is 8.18. The van der Waals surface area contributed by atoms with Crippen molar-refractivity contribution in [1.82, 2.24) is 4.98 Å². The topological polar surface area (TPSA) is 25.2 Å². The second-order valence-corrected chi connectivity index (χ2v) is 2.65. The van der Waals surface area contributed by atoms with E-state index < -0.39 is 0 Å². The maximum absolute atomic E-state index is 5.56. The van der Waals surface area contributed by atoms with E-state index in [0.29, 0.717) is 5.60 Å². The Kier molecular flexibility index (Phi) is 3.44. The van der Waals surface area contributed by atoms with Gasteiger partial charge in [-0.2, -0.15) is 0 Å². The Hall–Kier alpha value is -1.38. The number of aromatic nitrogens is 1. The summed E-state index contributed by atoms with van der Waals surface area (Å²) in [5, 5.41) is 0. The van der Waals surface area contributed by atoms with Gasteiger partial charge in [0, 0.05) is 23.7 Å². The van der Waals surface area contributed by atoms with Crippen LogP contribution < -0.4 is 0 Å². The van der Waals surface area contributed by atoms with Crippen LogP contribution in [0.4, 0.5) is 0 Å². The van der Waals surface area contributed by atoms with Crippen molar-refractivity contribution in [3.63, 3.8) is 0 Å². The predicted octanol–water partition coefficient (Wildman–Crippen LogP) is 1.92. The minimum atomic E-state index is 0.529. The molecule has 0 saturated heterocycles. The second-order valence-electron chi connectivity index (χ2n) is 2.65. The lowest BCUT2D eigenvalue weighted by molar-refractivity contribution is 1.30. The molecular weight excluding hydrogens is 159 g/mol. The fourth-order valence-corrected chi connectivity index (χ4v) is 0.900. The number of aliphatic imine (C=N–C) groups is 1. The van der Waals surface area contributed by atoms with Crippen molar-refractivity contribution in [2.45, 2.75) is 13.8 Å². The zero-order chi connectivity index (χ0) is 9.68. The molecule has 0 N–H and O–H groups in total. The first-order chi connectivity index (χ1) is 6.24. The third-order valence-electron chi connectivity index (χ3n) is 1.67. The summed E-state index contributed by atoms with van der Waals surface area (Å²) in [6.07, 6.45) is 5.26. The first-order valence-electron chi connectivity index (χ1n) is 4.11. The molecule has 0 saturated carbocycles. The van der Waals surface area contributed by atoms with Gasteiger partial charge in [-0.3, -0.25) is 9.98 Å². The van der Waals surface area contributed by atoms with E-state index in [1.165, 1.54) is 0 Å². The molecule has 3 heteroatoms. The zero-order valence-electron chi connectivity index (χ0n) is 7.86. The summed E-state index contributed by atoms with van der Waals surface area (Å²) in [5.74, 6) is 0. The second kappa shape index (κ2) is 4.60. The molecule has 1 aromatic heterocycles. The Morgan fingerprint density at radius 2 is 2.38 bits per heavy atom. The van der Waals surface area contributed by atoms with Gasteiger partial charge in [0.25, 0.3) is 0 Å². The van der Waals surface area contributed by atoms with Gasteiger partial charge in [0.05, 0.1) is 0 Å². The normalized spacial score (nSPS) is 13.1. The van der Waals surface area contributed by atoms with Crippen molar-refractivity contribution >= 4 is 13.6 Å². The van der Waals surface area contributed by atoms with Crippen LogP contribution in [0.25, 0.3) is 0 Å². The molecule has 0 atom stereocenters. The SMILES string of the molecule is [B]/C(=C/C)N=C(C)c1cccnc1. The highest BCUT2D eigenvalue weighted by molar-refractivity contribution is 6.22. The van der Waals surface area contributed by atoms with Gasteiger partial charge in [0.2, 0.25) is 0 Å². The van der Waals surface area contributed by atoms with Crippen LogP contribution in [0.2, 0.25) is 0 Å². The summed E-state index contributed by atoms with van der Waals surface area (Å²) < 4.78 is 0. The van der Waals surface area contributed by atoms with E-state index >= 15 is 0 Å². The summed E-state index contributed by atoms with van der Waals surface area (Å²) in [7, 11) is 5.56. The van der Waals surface area contributed by atoms with Crippen molar-refractivity contribution in [2.75, 3.05) is 0 Å². The van der Waals surface area contributed by atoms with Gasteiger partial charge in [0.1, 0.15) is 7.85 Å². The van der Waals surface area contributed by atoms with Crippen molar-refractivity contribution in [3.8, 4) is 0 Å². The Labute approximate surface area is 79.8 Å². The standard InChI is InChI=1S/C10H11BN2/c1-3-10(11)13-8(2)9-5-4-6-12-7-9/h3-7H,1-2H3/b10-3-,13-8?. The summed E-state index contributed by atoms with van der Waals surface area (Å²) >= 11 is 0. The zero-order valence-corrected chi connectivity index (χ0v) is 7.86. The number of hydrogen-bond acceptors (Lipinski definition) is 2. The van der Waals surface area contributed by atoms with Crippen LogP contribution in [-0.4, -0.2) is 18.5 Å². The molecule has 0 aliphatic carbocycles. The Morgan fingerprint density at radius 3 is 2.92 bits per heavy atom. The van der Waals surface area contributed by atoms with Gasteiger partial charge in [-0.05, 0) is 25.5 Å². The molecular formula is C10H11BN2. The highest BCUT2D eigenvalue weighted by atomic mass is 14.7. The van der Waals surface area contributed by atoms with Crippen LogP contribution in [-0.2, 0) is 0 Å². The number of allylic oxidation sites excluding steroid dienone is 1. The van der Waals surface area contributed by atoms with Crippen molar-refractivity contribution in [1.29, 1.82) is 0 Å². The lowest BCUT2D eigenvalue weighted by atomic mass is 10.0. The van der Waals surface area contributed by atoms with E-state index in [2.05, 4.69) is 9.98 Å². The Morgan fingerprint density at radius 1 is 1.62 bits per heavy atom. The Balaban J connectivity index is 2.92. The molecule has 2 nitrogen and oxygen atoms in total. The van der Waals surface area contributed by atoms with Gasteiger partial charge >= 0.3 is 0 Å². The lowest BCUT2D eigenvalue weighted by Gasteiger charge is -1.99. The maximum atomic E-state index is 5.56. The molecule has 0 amide bonds. The highest BCUT2D eigenvalue weighted by Gasteiger charge is 1.94. The number of rotatable bonds is 2. The maximum Gasteiger partial charge on any atom is 0.141 e. The molecule has 0 aromatic carbocycles. The molecule has 0 fully saturated rings. The van der Waals surface area contributed by atoms with Gasteiger partial charge in [0.15, 0.2) is 0 Å². The number of pyridine rings is 1. The minimum Gasteiger partial charge on any atom is -0.269 e. The smallest absolute Gasteiger partial charge is 0.141 e. The number of hydrogen-bond donors (Lipinski definition) is 0. The fourth-order valence-electron chi connectivity index (χ4n) is 0.900. The van der Waals surface area contributed by atoms with Crippen LogP contribution >= 0.6 is 0 Å². The summed E-state index contributed by atoms with van der Waals surface area (Å²) in [6, 6.07) is 3.83. The molecule has 13 heavy (non-hydrogen) atoms. The van der Waals surface area contributed by atoms with Crippen LogP contribution in [0.15, 0.2) is 41.2 Å². The third kappa shape index (κ3) is 2.86. The van der Waals surface area contributed by atoms with E-state index in [1.54, 1.807) is 18.5 Å². The van der Waals surface area contributed by atoms with Gasteiger partial charge in [-0.15, -0.1) is 0 Å². The average Bonchev–Trinajstić information content (AvgIpc) is 2.19. The molecule has 0 bridgehead atoms. The van der Waals surface area contributed by atoms with Crippen molar-refractivity contribution in [3.05, 3.63) is 41.8 Å². The lowest BCUT2D eigenvalue weighted by Crippen LogP contribution is -1.95. The van der Waals surface area contributed by atoms with Crippen molar-refractivity contribution in [2.24, 2.45) is 4.99 Å². The van der Waals surface area contributed by atoms with Crippen LogP contribution in [0, 0.1) is 0 Å². The summed E-state index contributed by atoms with van der Waals surface area (Å²) in [5.41, 5.74) is 2.40. The van der Waals surface area contributed by atoms with E-state index in [9.17, 15) is 0 Å². The molecule has 1 rings (SSSR count). The van der Waals surface area contributed by atoms with Crippen molar-refractivity contribution < 1.29 is 0 Å². The van der Waals surface area contributed by atoms with Crippen LogP contribution in [0.1, 0.15) is 19.4 Å². The molecule has 1 heterocycles. The van der Waals surface area contributed by atoms with E-state index in [0.717, 1.165) is 11.3 Å². The quantitative estimate of drug-likeness (QED) is 0.491. The summed E-state index contributed by atoms with van der Waals surface area (Å²) in [6.45, 7) is 3.77. The fraction of sp³-hybridized carbons (Fsp3) is 0.200. The molecule has 0 spiro atoms. The molecule has 0 aliphatic heterocycles. The first-order valence-corrected chi connectivity index (χ1v) is 4.11. The molecule has 0 unspecified atom stereocenters. The first kappa shape index (κ1) is 9.71. The monoisotopic (exact) mass is 170 g/mol. The molecule has 2 radical (unpaired) electrons. The third-order valence-corrected chi connectivity index (χ3v) is 1.67. The van der Waals surface area contributed by atoms with Gasteiger partial charge in [-0.1, -0.05) is 12.1 Å². The molecule has 1 aromatic rings. The predicted molar refractivity (Wildman–Crippen MR) is 56.0 cm³/mol. The van der Waals surface area contributed by atoms with Crippen LogP contribution in [0.3, 0.4) is 0 Å². The van der Waals surface area contributed by atoms with Crippen LogP contribution in [0.5, 0.6) is 0 Å². The van der Waals surface area contributed by atoms with Gasteiger partial charge in [-0.25, -0.2) is 0 Å².